The first-order chi connectivity index (χ1) is 13.6. The first-order valence-corrected chi connectivity index (χ1v) is 10.2. The molecule has 3 heterocycles. The van der Waals surface area contributed by atoms with Crippen LogP contribution in [0.15, 0.2) is 42.6 Å². The van der Waals surface area contributed by atoms with Gasteiger partial charge in [-0.2, -0.15) is 0 Å². The number of hydrogen-bond donors (Lipinski definition) is 0. The maximum Gasteiger partial charge on any atom is 0.225 e. The summed E-state index contributed by atoms with van der Waals surface area (Å²) in [6.07, 6.45) is 2.21. The van der Waals surface area contributed by atoms with E-state index in [1.54, 1.807) is 13.3 Å². The fraction of sp³-hybridized carbons (Fsp3) is 0.455. The van der Waals surface area contributed by atoms with Gasteiger partial charge in [-0.3, -0.25) is 4.79 Å². The predicted molar refractivity (Wildman–Crippen MR) is 111 cm³/mol. The van der Waals surface area contributed by atoms with Crippen LogP contribution in [0.5, 0.6) is 0 Å². The number of carbonyl (C=O) groups excluding carboxylic acids is 1. The highest BCUT2D eigenvalue weighted by molar-refractivity contribution is 6.32. The fourth-order valence-electron chi connectivity index (χ4n) is 4.73. The molecule has 0 aliphatic carbocycles. The summed E-state index contributed by atoms with van der Waals surface area (Å²) >= 11 is 6.39. The summed E-state index contributed by atoms with van der Waals surface area (Å²) in [6, 6.07) is 12.2. The van der Waals surface area contributed by atoms with Crippen LogP contribution in [0.2, 0.25) is 5.02 Å². The molecule has 2 saturated heterocycles. The normalized spacial score (nSPS) is 23.9. The average Bonchev–Trinajstić information content (AvgIpc) is 3.25. The van der Waals surface area contributed by atoms with Gasteiger partial charge in [0, 0.05) is 44.8 Å². The number of amides is 1. The number of carbonyl (C=O) groups is 1. The van der Waals surface area contributed by atoms with Crippen LogP contribution in [0.1, 0.15) is 23.6 Å². The number of rotatable bonds is 5. The molecular weight excluding hydrogens is 374 g/mol. The molecule has 28 heavy (non-hydrogen) atoms. The van der Waals surface area contributed by atoms with Crippen molar-refractivity contribution in [3.63, 3.8) is 0 Å². The van der Waals surface area contributed by atoms with Crippen LogP contribution < -0.4 is 4.90 Å². The Balaban J connectivity index is 1.63. The Morgan fingerprint density at radius 2 is 2.04 bits per heavy atom. The van der Waals surface area contributed by atoms with Crippen molar-refractivity contribution in [3.05, 3.63) is 58.7 Å². The van der Waals surface area contributed by atoms with E-state index in [0.717, 1.165) is 25.5 Å². The first kappa shape index (κ1) is 19.2. The van der Waals surface area contributed by atoms with Crippen LogP contribution in [0.25, 0.3) is 0 Å². The second-order valence-electron chi connectivity index (χ2n) is 7.73. The van der Waals surface area contributed by atoms with Crippen LogP contribution >= 0.6 is 11.6 Å². The summed E-state index contributed by atoms with van der Waals surface area (Å²) in [7, 11) is 1.64. The second-order valence-corrected chi connectivity index (χ2v) is 8.14. The molecule has 2 fully saturated rings. The Hall–Kier alpha value is -2.11. The van der Waals surface area contributed by atoms with Crippen LogP contribution in [0.3, 0.4) is 0 Å². The zero-order valence-electron chi connectivity index (χ0n) is 16.3. The average molecular weight is 400 g/mol. The van der Waals surface area contributed by atoms with Crippen molar-refractivity contribution in [2.24, 2.45) is 11.8 Å². The third-order valence-electron chi connectivity index (χ3n) is 6.05. The number of nitrogens with zero attached hydrogens (tertiary/aromatic N) is 3. The maximum atomic E-state index is 12.9. The van der Waals surface area contributed by atoms with Crippen molar-refractivity contribution in [1.82, 2.24) is 9.88 Å². The van der Waals surface area contributed by atoms with Crippen molar-refractivity contribution >= 4 is 23.3 Å². The number of methoxy groups -OCH3 is 1. The SMILES string of the molecule is COCCC(=O)N1C[C@@H]2CN(c3ncccc3Cl)C[C@@H]2[C@H]1c1ccccc1C. The molecule has 4 rings (SSSR count). The van der Waals surface area contributed by atoms with Crippen molar-refractivity contribution in [2.75, 3.05) is 38.3 Å². The highest BCUT2D eigenvalue weighted by Gasteiger charge is 2.49. The van der Waals surface area contributed by atoms with Gasteiger partial charge in [-0.05, 0) is 30.2 Å². The van der Waals surface area contributed by atoms with Gasteiger partial charge in [-0.1, -0.05) is 35.9 Å². The minimum absolute atomic E-state index is 0.0862. The molecule has 2 aromatic rings. The van der Waals surface area contributed by atoms with E-state index in [9.17, 15) is 4.79 Å². The van der Waals surface area contributed by atoms with Gasteiger partial charge in [-0.25, -0.2) is 4.98 Å². The number of aryl methyl sites for hydroxylation is 1. The molecule has 2 aliphatic heterocycles. The zero-order valence-corrected chi connectivity index (χ0v) is 17.1. The Morgan fingerprint density at radius 1 is 1.21 bits per heavy atom. The number of aromatic nitrogens is 1. The van der Waals surface area contributed by atoms with Gasteiger partial charge < -0.3 is 14.5 Å². The lowest BCUT2D eigenvalue weighted by Gasteiger charge is -2.31. The number of anilines is 1. The Kier molecular flexibility index (Phi) is 5.56. The number of benzene rings is 1. The Labute approximate surface area is 171 Å². The molecule has 3 atom stereocenters. The summed E-state index contributed by atoms with van der Waals surface area (Å²) in [5.41, 5.74) is 2.47. The topological polar surface area (TPSA) is 45.7 Å². The minimum atomic E-state index is 0.0862. The molecule has 1 amide bonds. The van der Waals surface area contributed by atoms with E-state index in [-0.39, 0.29) is 11.9 Å². The largest absolute Gasteiger partial charge is 0.384 e. The quantitative estimate of drug-likeness (QED) is 0.768. The van der Waals surface area contributed by atoms with E-state index in [1.165, 1.54) is 11.1 Å². The van der Waals surface area contributed by atoms with Crippen molar-refractivity contribution in [1.29, 1.82) is 0 Å². The van der Waals surface area contributed by atoms with Gasteiger partial charge in [-0.15, -0.1) is 0 Å². The molecule has 1 aromatic carbocycles. The summed E-state index contributed by atoms with van der Waals surface area (Å²) in [5, 5.41) is 0.683. The Morgan fingerprint density at radius 3 is 2.79 bits per heavy atom. The van der Waals surface area contributed by atoms with Crippen molar-refractivity contribution in [3.8, 4) is 0 Å². The Bertz CT molecular complexity index is 859. The lowest BCUT2D eigenvalue weighted by atomic mass is 9.87. The van der Waals surface area contributed by atoms with Crippen LogP contribution in [-0.2, 0) is 9.53 Å². The maximum absolute atomic E-state index is 12.9. The molecule has 0 radical (unpaired) electrons. The second kappa shape index (κ2) is 8.10. The lowest BCUT2D eigenvalue weighted by Crippen LogP contribution is -2.36. The first-order valence-electron chi connectivity index (χ1n) is 9.79. The van der Waals surface area contributed by atoms with Crippen LogP contribution in [-0.4, -0.2) is 49.1 Å². The molecule has 5 nitrogen and oxygen atoms in total. The third kappa shape index (κ3) is 3.49. The zero-order chi connectivity index (χ0) is 19.7. The molecule has 0 unspecified atom stereocenters. The minimum Gasteiger partial charge on any atom is -0.384 e. The van der Waals surface area contributed by atoms with E-state index in [0.29, 0.717) is 29.9 Å². The van der Waals surface area contributed by atoms with E-state index in [2.05, 4.69) is 46.0 Å². The highest BCUT2D eigenvalue weighted by Crippen LogP contribution is 2.47. The predicted octanol–water partition coefficient (Wildman–Crippen LogP) is 3.72. The number of ether oxygens (including phenoxy) is 1. The van der Waals surface area contributed by atoms with E-state index in [4.69, 9.17) is 16.3 Å². The lowest BCUT2D eigenvalue weighted by molar-refractivity contribution is -0.133. The third-order valence-corrected chi connectivity index (χ3v) is 6.35. The van der Waals surface area contributed by atoms with Gasteiger partial charge in [0.15, 0.2) is 0 Å². The summed E-state index contributed by atoms with van der Waals surface area (Å²) in [4.78, 5) is 21.8. The summed E-state index contributed by atoms with van der Waals surface area (Å²) in [6.45, 7) is 5.09. The molecular formula is C22H26ClN3O2. The van der Waals surface area contributed by atoms with Crippen molar-refractivity contribution < 1.29 is 9.53 Å². The summed E-state index contributed by atoms with van der Waals surface area (Å²) < 4.78 is 5.14. The number of likely N-dealkylation sites (tertiary alicyclic amines) is 1. The van der Waals surface area contributed by atoms with E-state index in [1.807, 2.05) is 12.1 Å². The summed E-state index contributed by atoms with van der Waals surface area (Å²) in [5.74, 6) is 1.80. The number of pyridine rings is 1. The number of hydrogen-bond acceptors (Lipinski definition) is 4. The highest BCUT2D eigenvalue weighted by atomic mass is 35.5. The van der Waals surface area contributed by atoms with Crippen LogP contribution in [0.4, 0.5) is 5.82 Å². The van der Waals surface area contributed by atoms with Gasteiger partial charge in [0.2, 0.25) is 5.91 Å². The van der Waals surface area contributed by atoms with Gasteiger partial charge >= 0.3 is 0 Å². The van der Waals surface area contributed by atoms with E-state index < -0.39 is 0 Å². The molecule has 148 valence electrons. The fourth-order valence-corrected chi connectivity index (χ4v) is 4.98. The van der Waals surface area contributed by atoms with Crippen molar-refractivity contribution in [2.45, 2.75) is 19.4 Å². The number of fused-ring (bicyclic) bond motifs is 1. The molecule has 0 saturated carbocycles. The van der Waals surface area contributed by atoms with Crippen LogP contribution in [0, 0.1) is 18.8 Å². The molecule has 1 aromatic heterocycles. The van der Waals surface area contributed by atoms with Gasteiger partial charge in [0.05, 0.1) is 24.1 Å². The monoisotopic (exact) mass is 399 g/mol. The molecule has 0 N–H and O–H groups in total. The number of halogens is 1. The standard InChI is InChI=1S/C22H26ClN3O2/c1-15-6-3-4-7-17(15)21-18-14-25(22-19(23)8-5-10-24-22)12-16(18)13-26(21)20(27)9-11-28-2/h3-8,10,16,18,21H,9,11-14H2,1-2H3/t16-,18-,21+/m0/s1. The smallest absolute Gasteiger partial charge is 0.225 e. The molecule has 6 heteroatoms. The van der Waals surface area contributed by atoms with Gasteiger partial charge in [0.1, 0.15) is 5.82 Å². The molecule has 2 aliphatic rings. The van der Waals surface area contributed by atoms with E-state index >= 15 is 0 Å². The van der Waals surface area contributed by atoms with Gasteiger partial charge in [0.25, 0.3) is 0 Å². The molecule has 0 bridgehead atoms. The molecule has 0 spiro atoms.